The van der Waals surface area contributed by atoms with E-state index in [0.717, 1.165) is 22.6 Å². The second-order valence-corrected chi connectivity index (χ2v) is 5.45. The van der Waals surface area contributed by atoms with E-state index < -0.39 is 5.60 Å². The number of hydrogen-bond acceptors (Lipinski definition) is 4. The van der Waals surface area contributed by atoms with Gasteiger partial charge in [-0.25, -0.2) is 0 Å². The average Bonchev–Trinajstić information content (AvgIpc) is 2.74. The van der Waals surface area contributed by atoms with Gasteiger partial charge in [-0.3, -0.25) is 9.98 Å². The first-order valence-electron chi connectivity index (χ1n) is 6.38. The molecule has 1 aromatic rings. The third kappa shape index (κ3) is 3.20. The molecule has 19 heavy (non-hydrogen) atoms. The molecule has 0 aliphatic carbocycles. The molecule has 4 heteroatoms. The lowest BCUT2D eigenvalue weighted by Gasteiger charge is -2.18. The molecule has 1 aliphatic rings. The molecule has 0 saturated heterocycles. The minimum Gasteiger partial charge on any atom is -0.496 e. The van der Waals surface area contributed by atoms with Crippen molar-refractivity contribution in [2.45, 2.75) is 39.0 Å². The molecule has 1 aliphatic heterocycles. The van der Waals surface area contributed by atoms with Crippen molar-refractivity contribution in [3.05, 3.63) is 29.3 Å². The van der Waals surface area contributed by atoms with Gasteiger partial charge in [0.1, 0.15) is 11.9 Å². The molecule has 102 valence electrons. The molecular weight excluding hydrogens is 240 g/mol. The van der Waals surface area contributed by atoms with E-state index in [9.17, 15) is 5.11 Å². The molecule has 1 unspecified atom stereocenters. The monoisotopic (exact) mass is 260 g/mol. The van der Waals surface area contributed by atoms with Gasteiger partial charge < -0.3 is 9.84 Å². The maximum Gasteiger partial charge on any atom is 0.143 e. The van der Waals surface area contributed by atoms with E-state index in [1.807, 2.05) is 25.1 Å². The van der Waals surface area contributed by atoms with Crippen molar-refractivity contribution in [2.75, 3.05) is 7.11 Å². The van der Waals surface area contributed by atoms with Crippen molar-refractivity contribution < 1.29 is 9.84 Å². The number of aliphatic hydroxyl groups is 1. The third-order valence-electron chi connectivity index (χ3n) is 3.03. The number of methoxy groups -OCH3 is 1. The normalized spacial score (nSPS) is 18.6. The predicted molar refractivity (Wildman–Crippen MR) is 77.5 cm³/mol. The molecule has 0 spiro atoms. The highest BCUT2D eigenvalue weighted by molar-refractivity contribution is 6.40. The van der Waals surface area contributed by atoms with E-state index in [-0.39, 0.29) is 6.17 Å². The summed E-state index contributed by atoms with van der Waals surface area (Å²) in [6.07, 6.45) is 2.06. The van der Waals surface area contributed by atoms with Crippen molar-refractivity contribution in [3.63, 3.8) is 0 Å². The summed E-state index contributed by atoms with van der Waals surface area (Å²) < 4.78 is 5.43. The van der Waals surface area contributed by atoms with E-state index in [1.54, 1.807) is 27.2 Å². The number of nitrogens with zero attached hydrogens (tertiary/aromatic N) is 2. The lowest BCUT2D eigenvalue weighted by atomic mass is 10.0. The Morgan fingerprint density at radius 1 is 1.37 bits per heavy atom. The summed E-state index contributed by atoms with van der Waals surface area (Å²) in [6.45, 7) is 5.54. The van der Waals surface area contributed by atoms with Gasteiger partial charge in [-0.1, -0.05) is 12.1 Å². The first-order valence-corrected chi connectivity index (χ1v) is 6.38. The van der Waals surface area contributed by atoms with Gasteiger partial charge in [0.05, 0.1) is 18.4 Å². The van der Waals surface area contributed by atoms with E-state index in [0.29, 0.717) is 6.42 Å². The molecule has 1 atom stereocenters. The number of benzene rings is 1. The Morgan fingerprint density at radius 3 is 2.74 bits per heavy atom. The van der Waals surface area contributed by atoms with Gasteiger partial charge in [0.25, 0.3) is 0 Å². The second kappa shape index (κ2) is 5.13. The predicted octanol–water partition coefficient (Wildman–Crippen LogP) is 2.36. The summed E-state index contributed by atoms with van der Waals surface area (Å²) in [5.74, 6) is 0.830. The summed E-state index contributed by atoms with van der Waals surface area (Å²) in [5, 5.41) is 9.81. The maximum absolute atomic E-state index is 9.81. The molecule has 0 saturated carbocycles. The van der Waals surface area contributed by atoms with Crippen molar-refractivity contribution in [2.24, 2.45) is 9.98 Å². The molecule has 0 fully saturated rings. The first kappa shape index (κ1) is 13.7. The number of rotatable bonds is 4. The Bertz CT molecular complexity index is 527. The summed E-state index contributed by atoms with van der Waals surface area (Å²) in [5.41, 5.74) is 2.07. The molecule has 1 heterocycles. The Balaban J connectivity index is 2.28. The number of ether oxygens (including phenoxy) is 1. The van der Waals surface area contributed by atoms with Crippen LogP contribution in [0.5, 0.6) is 5.75 Å². The topological polar surface area (TPSA) is 54.2 Å². The quantitative estimate of drug-likeness (QED) is 0.903. The average molecular weight is 260 g/mol. The number of aliphatic imine (C=N–C) groups is 2. The highest BCUT2D eigenvalue weighted by Crippen LogP contribution is 2.26. The van der Waals surface area contributed by atoms with Gasteiger partial charge in [-0.15, -0.1) is 0 Å². The van der Waals surface area contributed by atoms with Crippen molar-refractivity contribution in [1.82, 2.24) is 0 Å². The standard InChI is InChI=1S/C15H20N2O2/c1-10-6-5-7-11(14(10)19-4)12-9-16-13(17-12)8-15(2,3)18/h5-7,9,13,18H,8H2,1-4H3. The van der Waals surface area contributed by atoms with E-state index >= 15 is 0 Å². The summed E-state index contributed by atoms with van der Waals surface area (Å²) in [7, 11) is 1.66. The number of aryl methyl sites for hydroxylation is 1. The van der Waals surface area contributed by atoms with Crippen LogP contribution in [-0.4, -0.2) is 35.9 Å². The van der Waals surface area contributed by atoms with Gasteiger partial charge in [-0.05, 0) is 32.4 Å². The highest BCUT2D eigenvalue weighted by Gasteiger charge is 2.23. The summed E-state index contributed by atoms with van der Waals surface area (Å²) in [4.78, 5) is 8.89. The van der Waals surface area contributed by atoms with Crippen LogP contribution in [0.3, 0.4) is 0 Å². The molecule has 0 radical (unpaired) electrons. The Hall–Kier alpha value is -1.68. The van der Waals surface area contributed by atoms with E-state index in [1.165, 1.54) is 0 Å². The zero-order chi connectivity index (χ0) is 14.0. The Labute approximate surface area is 113 Å². The van der Waals surface area contributed by atoms with Crippen molar-refractivity contribution >= 4 is 11.9 Å². The zero-order valence-corrected chi connectivity index (χ0v) is 11.8. The smallest absolute Gasteiger partial charge is 0.143 e. The fourth-order valence-electron chi connectivity index (χ4n) is 2.19. The Kier molecular flexibility index (Phi) is 3.71. The zero-order valence-electron chi connectivity index (χ0n) is 11.8. The van der Waals surface area contributed by atoms with E-state index in [4.69, 9.17) is 4.74 Å². The molecular formula is C15H20N2O2. The van der Waals surface area contributed by atoms with Gasteiger partial charge in [0.2, 0.25) is 0 Å². The van der Waals surface area contributed by atoms with Gasteiger partial charge in [-0.2, -0.15) is 0 Å². The van der Waals surface area contributed by atoms with E-state index in [2.05, 4.69) is 9.98 Å². The highest BCUT2D eigenvalue weighted by atomic mass is 16.5. The van der Waals surface area contributed by atoms with Crippen LogP contribution in [0.15, 0.2) is 28.2 Å². The minimum atomic E-state index is -0.766. The fraction of sp³-hybridized carbons (Fsp3) is 0.467. The summed E-state index contributed by atoms with van der Waals surface area (Å²) >= 11 is 0. The number of hydrogen-bond donors (Lipinski definition) is 1. The lowest BCUT2D eigenvalue weighted by molar-refractivity contribution is 0.0651. The van der Waals surface area contributed by atoms with Crippen LogP contribution >= 0.6 is 0 Å². The van der Waals surface area contributed by atoms with Crippen LogP contribution in [0.2, 0.25) is 0 Å². The molecule has 0 bridgehead atoms. The van der Waals surface area contributed by atoms with Gasteiger partial charge >= 0.3 is 0 Å². The lowest BCUT2D eigenvalue weighted by Crippen LogP contribution is -2.23. The van der Waals surface area contributed by atoms with Crippen molar-refractivity contribution in [3.8, 4) is 5.75 Å². The van der Waals surface area contributed by atoms with Crippen molar-refractivity contribution in [1.29, 1.82) is 0 Å². The van der Waals surface area contributed by atoms with Gasteiger partial charge in [0, 0.05) is 18.2 Å². The van der Waals surface area contributed by atoms with Crippen LogP contribution in [0.1, 0.15) is 31.4 Å². The molecule has 1 aromatic carbocycles. The maximum atomic E-state index is 9.81. The molecule has 4 nitrogen and oxygen atoms in total. The Morgan fingerprint density at radius 2 is 2.11 bits per heavy atom. The second-order valence-electron chi connectivity index (χ2n) is 5.45. The molecule has 0 aromatic heterocycles. The fourth-order valence-corrected chi connectivity index (χ4v) is 2.19. The van der Waals surface area contributed by atoms with Crippen LogP contribution < -0.4 is 4.74 Å². The first-order chi connectivity index (χ1) is 8.90. The molecule has 0 amide bonds. The van der Waals surface area contributed by atoms with Crippen LogP contribution in [0.4, 0.5) is 0 Å². The van der Waals surface area contributed by atoms with Crippen LogP contribution in [0, 0.1) is 6.92 Å². The van der Waals surface area contributed by atoms with Crippen LogP contribution in [-0.2, 0) is 0 Å². The molecule has 1 N–H and O–H groups in total. The minimum absolute atomic E-state index is 0.208. The summed E-state index contributed by atoms with van der Waals surface area (Å²) in [6, 6.07) is 5.96. The largest absolute Gasteiger partial charge is 0.496 e. The SMILES string of the molecule is COc1c(C)cccc1C1=NC(CC(C)(C)O)N=C1. The van der Waals surface area contributed by atoms with Crippen LogP contribution in [0.25, 0.3) is 0 Å². The number of para-hydroxylation sites is 1. The molecule has 2 rings (SSSR count). The third-order valence-corrected chi connectivity index (χ3v) is 3.03. The van der Waals surface area contributed by atoms with Gasteiger partial charge in [0.15, 0.2) is 0 Å².